The summed E-state index contributed by atoms with van der Waals surface area (Å²) in [6, 6.07) is 5.60. The van der Waals surface area contributed by atoms with Crippen molar-refractivity contribution in [3.63, 3.8) is 0 Å². The molecule has 1 aromatic rings. The summed E-state index contributed by atoms with van der Waals surface area (Å²) in [7, 11) is 0. The number of nitrogens with one attached hydrogen (secondary N) is 1. The Morgan fingerprint density at radius 2 is 2.00 bits per heavy atom. The molecule has 0 spiro atoms. The standard InChI is InChI=1S/C16H22N2O2/c1-5-10-18(11-6-2)15-12-14(17-13(4)19)8-9-16(15)20-7-3/h5-6,8-9,12H,1-2,7,10-11H2,3-4H3,(H,17,19). The first kappa shape index (κ1) is 15.8. The van der Waals surface area contributed by atoms with Gasteiger partial charge in [-0.2, -0.15) is 0 Å². The zero-order valence-corrected chi connectivity index (χ0v) is 12.2. The molecule has 0 radical (unpaired) electrons. The Kier molecular flexibility index (Phi) is 6.37. The summed E-state index contributed by atoms with van der Waals surface area (Å²) in [6.07, 6.45) is 3.65. The van der Waals surface area contributed by atoms with Crippen LogP contribution in [0.15, 0.2) is 43.5 Å². The van der Waals surface area contributed by atoms with E-state index in [0.29, 0.717) is 19.7 Å². The summed E-state index contributed by atoms with van der Waals surface area (Å²) in [5, 5.41) is 2.78. The van der Waals surface area contributed by atoms with Crippen LogP contribution < -0.4 is 15.0 Å². The van der Waals surface area contributed by atoms with Crippen molar-refractivity contribution in [2.45, 2.75) is 13.8 Å². The average Bonchev–Trinajstić information content (AvgIpc) is 2.40. The van der Waals surface area contributed by atoms with Crippen LogP contribution in [0, 0.1) is 0 Å². The maximum absolute atomic E-state index is 11.2. The van der Waals surface area contributed by atoms with Gasteiger partial charge in [0.1, 0.15) is 5.75 Å². The predicted molar refractivity (Wildman–Crippen MR) is 84.5 cm³/mol. The second-order valence-electron chi connectivity index (χ2n) is 4.28. The molecule has 0 heterocycles. The van der Waals surface area contributed by atoms with E-state index < -0.39 is 0 Å². The Balaban J connectivity index is 3.16. The lowest BCUT2D eigenvalue weighted by molar-refractivity contribution is -0.114. The molecule has 0 saturated heterocycles. The molecule has 0 saturated carbocycles. The van der Waals surface area contributed by atoms with E-state index in [4.69, 9.17) is 4.74 Å². The van der Waals surface area contributed by atoms with Crippen molar-refractivity contribution in [2.75, 3.05) is 29.9 Å². The third kappa shape index (κ3) is 4.46. The monoisotopic (exact) mass is 274 g/mol. The highest BCUT2D eigenvalue weighted by molar-refractivity contribution is 5.89. The SMILES string of the molecule is C=CCN(CC=C)c1cc(NC(C)=O)ccc1OCC. The number of benzene rings is 1. The number of ether oxygens (including phenoxy) is 1. The smallest absolute Gasteiger partial charge is 0.221 e. The predicted octanol–water partition coefficient (Wildman–Crippen LogP) is 3.22. The van der Waals surface area contributed by atoms with E-state index in [2.05, 4.69) is 23.4 Å². The van der Waals surface area contributed by atoms with Gasteiger partial charge in [0.25, 0.3) is 0 Å². The molecule has 20 heavy (non-hydrogen) atoms. The fourth-order valence-corrected chi connectivity index (χ4v) is 1.91. The van der Waals surface area contributed by atoms with Crippen LogP contribution in [0.1, 0.15) is 13.8 Å². The second-order valence-corrected chi connectivity index (χ2v) is 4.28. The van der Waals surface area contributed by atoms with Crippen LogP contribution in [-0.4, -0.2) is 25.6 Å². The molecule has 108 valence electrons. The Labute approximate surface area is 120 Å². The topological polar surface area (TPSA) is 41.6 Å². The van der Waals surface area contributed by atoms with Crippen LogP contribution in [0.2, 0.25) is 0 Å². The van der Waals surface area contributed by atoms with Crippen molar-refractivity contribution in [1.29, 1.82) is 0 Å². The number of amides is 1. The van der Waals surface area contributed by atoms with Crippen LogP contribution in [-0.2, 0) is 4.79 Å². The van der Waals surface area contributed by atoms with Gasteiger partial charge in [-0.3, -0.25) is 4.79 Å². The van der Waals surface area contributed by atoms with Gasteiger partial charge in [-0.15, -0.1) is 13.2 Å². The number of anilines is 2. The third-order valence-corrected chi connectivity index (χ3v) is 2.62. The summed E-state index contributed by atoms with van der Waals surface area (Å²) in [6.45, 7) is 12.9. The van der Waals surface area contributed by atoms with Gasteiger partial charge in [-0.25, -0.2) is 0 Å². The molecule has 4 heteroatoms. The number of nitrogens with zero attached hydrogens (tertiary/aromatic N) is 1. The van der Waals surface area contributed by atoms with E-state index in [1.807, 2.05) is 37.3 Å². The Bertz CT molecular complexity index is 473. The van der Waals surface area contributed by atoms with Gasteiger partial charge in [0.05, 0.1) is 12.3 Å². The minimum Gasteiger partial charge on any atom is -0.492 e. The molecule has 0 aliphatic carbocycles. The number of hydrogen-bond donors (Lipinski definition) is 1. The fraction of sp³-hybridized carbons (Fsp3) is 0.312. The Morgan fingerprint density at radius 3 is 2.50 bits per heavy atom. The van der Waals surface area contributed by atoms with Crippen molar-refractivity contribution in [2.24, 2.45) is 0 Å². The van der Waals surface area contributed by atoms with Gasteiger partial charge in [-0.1, -0.05) is 12.2 Å². The molecular weight excluding hydrogens is 252 g/mol. The van der Waals surface area contributed by atoms with Crippen molar-refractivity contribution in [3.8, 4) is 5.75 Å². The fourth-order valence-electron chi connectivity index (χ4n) is 1.91. The van der Waals surface area contributed by atoms with Gasteiger partial charge in [-0.05, 0) is 25.1 Å². The molecule has 0 bridgehead atoms. The van der Waals surface area contributed by atoms with Crippen LogP contribution in [0.3, 0.4) is 0 Å². The lowest BCUT2D eigenvalue weighted by Gasteiger charge is -2.25. The molecular formula is C16H22N2O2. The van der Waals surface area contributed by atoms with E-state index in [1.165, 1.54) is 6.92 Å². The van der Waals surface area contributed by atoms with E-state index in [9.17, 15) is 4.79 Å². The zero-order valence-electron chi connectivity index (χ0n) is 12.2. The van der Waals surface area contributed by atoms with E-state index in [-0.39, 0.29) is 5.91 Å². The Hall–Kier alpha value is -2.23. The van der Waals surface area contributed by atoms with Gasteiger partial charge in [0.2, 0.25) is 5.91 Å². The van der Waals surface area contributed by atoms with Crippen LogP contribution >= 0.6 is 0 Å². The number of carbonyl (C=O) groups excluding carboxylic acids is 1. The zero-order chi connectivity index (χ0) is 15.0. The maximum atomic E-state index is 11.2. The summed E-state index contributed by atoms with van der Waals surface area (Å²) >= 11 is 0. The van der Waals surface area contributed by atoms with Gasteiger partial charge in [0.15, 0.2) is 0 Å². The van der Waals surface area contributed by atoms with Crippen molar-refractivity contribution < 1.29 is 9.53 Å². The van der Waals surface area contributed by atoms with Crippen LogP contribution in [0.4, 0.5) is 11.4 Å². The summed E-state index contributed by atoms with van der Waals surface area (Å²) < 4.78 is 5.65. The number of hydrogen-bond acceptors (Lipinski definition) is 3. The minimum atomic E-state index is -0.0981. The van der Waals surface area contributed by atoms with E-state index >= 15 is 0 Å². The molecule has 1 amide bonds. The summed E-state index contributed by atoms with van der Waals surface area (Å²) in [5.74, 6) is 0.685. The van der Waals surface area contributed by atoms with Crippen LogP contribution in [0.25, 0.3) is 0 Å². The first-order valence-electron chi connectivity index (χ1n) is 6.63. The minimum absolute atomic E-state index is 0.0981. The molecule has 0 aliphatic heterocycles. The van der Waals surface area contributed by atoms with Crippen LogP contribution in [0.5, 0.6) is 5.75 Å². The molecule has 0 atom stereocenters. The molecule has 1 aromatic carbocycles. The number of carbonyl (C=O) groups is 1. The summed E-state index contributed by atoms with van der Waals surface area (Å²) in [5.41, 5.74) is 1.66. The maximum Gasteiger partial charge on any atom is 0.221 e. The first-order chi connectivity index (χ1) is 9.62. The Morgan fingerprint density at radius 1 is 1.35 bits per heavy atom. The normalized spacial score (nSPS) is 9.70. The highest BCUT2D eigenvalue weighted by Gasteiger charge is 2.12. The van der Waals surface area contributed by atoms with E-state index in [1.54, 1.807) is 0 Å². The molecule has 1 N–H and O–H groups in total. The molecule has 0 aromatic heterocycles. The van der Waals surface area contributed by atoms with Gasteiger partial charge in [0, 0.05) is 25.7 Å². The average molecular weight is 274 g/mol. The van der Waals surface area contributed by atoms with E-state index in [0.717, 1.165) is 17.1 Å². The van der Waals surface area contributed by atoms with Crippen molar-refractivity contribution in [3.05, 3.63) is 43.5 Å². The quantitative estimate of drug-likeness (QED) is 0.740. The third-order valence-electron chi connectivity index (χ3n) is 2.62. The van der Waals surface area contributed by atoms with Gasteiger partial charge >= 0.3 is 0 Å². The van der Waals surface area contributed by atoms with Crippen molar-refractivity contribution >= 4 is 17.3 Å². The lowest BCUT2D eigenvalue weighted by Crippen LogP contribution is -2.24. The summed E-state index contributed by atoms with van der Waals surface area (Å²) in [4.78, 5) is 13.2. The van der Waals surface area contributed by atoms with Gasteiger partial charge < -0.3 is 15.0 Å². The lowest BCUT2D eigenvalue weighted by atomic mass is 10.2. The molecule has 1 rings (SSSR count). The second kappa shape index (κ2) is 8.04. The van der Waals surface area contributed by atoms with Crippen molar-refractivity contribution in [1.82, 2.24) is 0 Å². The molecule has 0 fully saturated rings. The first-order valence-corrected chi connectivity index (χ1v) is 6.63. The molecule has 0 aliphatic rings. The number of rotatable bonds is 8. The largest absolute Gasteiger partial charge is 0.492 e. The highest BCUT2D eigenvalue weighted by atomic mass is 16.5. The molecule has 4 nitrogen and oxygen atoms in total. The highest BCUT2D eigenvalue weighted by Crippen LogP contribution is 2.31. The molecule has 0 unspecified atom stereocenters.